The second-order valence-corrected chi connectivity index (χ2v) is 5.51. The molecule has 0 saturated carbocycles. The smallest absolute Gasteiger partial charge is 0.316 e. The van der Waals surface area contributed by atoms with E-state index in [1.165, 1.54) is 0 Å². The van der Waals surface area contributed by atoms with Crippen LogP contribution in [0.15, 0.2) is 28.9 Å². The van der Waals surface area contributed by atoms with Crippen molar-refractivity contribution in [1.82, 2.24) is 14.9 Å². The third kappa shape index (κ3) is 3.76. The quantitative estimate of drug-likeness (QED) is 0.845. The zero-order chi connectivity index (χ0) is 15.4. The first-order valence-electron chi connectivity index (χ1n) is 7.53. The van der Waals surface area contributed by atoms with E-state index < -0.39 is 0 Å². The average molecular weight is 303 g/mol. The van der Waals surface area contributed by atoms with Crippen LogP contribution in [-0.2, 0) is 6.54 Å². The van der Waals surface area contributed by atoms with Gasteiger partial charge in [-0.15, -0.1) is 0 Å². The summed E-state index contributed by atoms with van der Waals surface area (Å²) in [4.78, 5) is 10.7. The van der Waals surface area contributed by atoms with Gasteiger partial charge >= 0.3 is 6.01 Å². The fourth-order valence-corrected chi connectivity index (χ4v) is 2.60. The number of furan rings is 1. The number of ether oxygens (including phenoxy) is 2. The number of piperidine rings is 1. The number of hydrogen-bond donors (Lipinski definition) is 0. The van der Waals surface area contributed by atoms with E-state index in [2.05, 4.69) is 14.9 Å². The molecule has 0 N–H and O–H groups in total. The Morgan fingerprint density at radius 1 is 1.23 bits per heavy atom. The molecule has 0 bridgehead atoms. The van der Waals surface area contributed by atoms with E-state index in [-0.39, 0.29) is 6.10 Å². The van der Waals surface area contributed by atoms with Crippen molar-refractivity contribution >= 4 is 0 Å². The predicted octanol–water partition coefficient (Wildman–Crippen LogP) is 2.43. The molecular formula is C16H21N3O3. The second-order valence-electron chi connectivity index (χ2n) is 5.51. The van der Waals surface area contributed by atoms with Crippen molar-refractivity contribution in [3.8, 4) is 11.8 Å². The summed E-state index contributed by atoms with van der Waals surface area (Å²) in [7, 11) is 1.59. The summed E-state index contributed by atoms with van der Waals surface area (Å²) < 4.78 is 16.5. The van der Waals surface area contributed by atoms with Gasteiger partial charge in [0, 0.05) is 13.1 Å². The monoisotopic (exact) mass is 303 g/mol. The first-order valence-corrected chi connectivity index (χ1v) is 7.53. The maximum atomic E-state index is 5.83. The number of nitrogens with zero attached hydrogens (tertiary/aromatic N) is 3. The fourth-order valence-electron chi connectivity index (χ4n) is 2.60. The van der Waals surface area contributed by atoms with E-state index >= 15 is 0 Å². The van der Waals surface area contributed by atoms with Gasteiger partial charge in [0.1, 0.15) is 17.6 Å². The molecule has 0 unspecified atom stereocenters. The van der Waals surface area contributed by atoms with Gasteiger partial charge < -0.3 is 13.9 Å². The van der Waals surface area contributed by atoms with Gasteiger partial charge in [-0.2, -0.15) is 9.97 Å². The largest absolute Gasteiger partial charge is 0.494 e. The van der Waals surface area contributed by atoms with Crippen molar-refractivity contribution in [1.29, 1.82) is 0 Å². The van der Waals surface area contributed by atoms with Crippen LogP contribution in [0.1, 0.15) is 24.4 Å². The van der Waals surface area contributed by atoms with Crippen LogP contribution in [0.4, 0.5) is 0 Å². The lowest BCUT2D eigenvalue weighted by molar-refractivity contribution is 0.0854. The standard InChI is InChI=1S/C16H21N3O3/c1-12-3-4-14(21-12)11-19-7-5-13(6-8-19)22-16-17-9-15(20-2)10-18-16/h3-4,9-10,13H,5-8,11H2,1-2H3. The van der Waals surface area contributed by atoms with Crippen LogP contribution in [0.2, 0.25) is 0 Å². The van der Waals surface area contributed by atoms with Crippen molar-refractivity contribution in [2.24, 2.45) is 0 Å². The Kier molecular flexibility index (Phi) is 4.58. The lowest BCUT2D eigenvalue weighted by Gasteiger charge is -2.30. The van der Waals surface area contributed by atoms with Gasteiger partial charge in [-0.1, -0.05) is 0 Å². The summed E-state index contributed by atoms with van der Waals surface area (Å²) in [5.74, 6) is 2.62. The number of aromatic nitrogens is 2. The average Bonchev–Trinajstić information content (AvgIpc) is 2.95. The number of likely N-dealkylation sites (tertiary alicyclic amines) is 1. The zero-order valence-electron chi connectivity index (χ0n) is 13.0. The summed E-state index contributed by atoms with van der Waals surface area (Å²) >= 11 is 0. The van der Waals surface area contributed by atoms with Crippen LogP contribution in [0.25, 0.3) is 0 Å². The van der Waals surface area contributed by atoms with Gasteiger partial charge in [-0.05, 0) is 31.9 Å². The van der Waals surface area contributed by atoms with E-state index in [1.807, 2.05) is 19.1 Å². The molecule has 1 aliphatic rings. The third-order valence-corrected chi connectivity index (χ3v) is 3.82. The highest BCUT2D eigenvalue weighted by molar-refractivity contribution is 5.13. The molecule has 118 valence electrons. The first-order chi connectivity index (χ1) is 10.7. The topological polar surface area (TPSA) is 60.6 Å². The minimum Gasteiger partial charge on any atom is -0.494 e. The van der Waals surface area contributed by atoms with Crippen LogP contribution in [0.5, 0.6) is 11.8 Å². The van der Waals surface area contributed by atoms with Gasteiger partial charge in [0.25, 0.3) is 0 Å². The molecule has 2 aromatic rings. The number of hydrogen-bond acceptors (Lipinski definition) is 6. The maximum Gasteiger partial charge on any atom is 0.316 e. The van der Waals surface area contributed by atoms with E-state index in [0.29, 0.717) is 11.8 Å². The van der Waals surface area contributed by atoms with Crippen molar-refractivity contribution in [3.63, 3.8) is 0 Å². The number of rotatable bonds is 5. The van der Waals surface area contributed by atoms with Crippen molar-refractivity contribution in [2.45, 2.75) is 32.4 Å². The predicted molar refractivity (Wildman–Crippen MR) is 81.0 cm³/mol. The molecule has 1 saturated heterocycles. The highest BCUT2D eigenvalue weighted by atomic mass is 16.5. The molecule has 2 aromatic heterocycles. The summed E-state index contributed by atoms with van der Waals surface area (Å²) in [5.41, 5.74) is 0. The molecule has 0 aromatic carbocycles. The Bertz CT molecular complexity index is 589. The van der Waals surface area contributed by atoms with E-state index in [0.717, 1.165) is 44.0 Å². The Morgan fingerprint density at radius 3 is 2.55 bits per heavy atom. The van der Waals surface area contributed by atoms with Gasteiger partial charge in [0.05, 0.1) is 26.0 Å². The molecule has 22 heavy (non-hydrogen) atoms. The number of aryl methyl sites for hydroxylation is 1. The van der Waals surface area contributed by atoms with Gasteiger partial charge in [-0.3, -0.25) is 4.90 Å². The van der Waals surface area contributed by atoms with Gasteiger partial charge in [-0.25, -0.2) is 0 Å². The molecule has 6 nitrogen and oxygen atoms in total. The second kappa shape index (κ2) is 6.79. The molecular weight excluding hydrogens is 282 g/mol. The van der Waals surface area contributed by atoms with E-state index in [9.17, 15) is 0 Å². The Labute approximate surface area is 130 Å². The molecule has 3 heterocycles. The molecule has 6 heteroatoms. The zero-order valence-corrected chi connectivity index (χ0v) is 13.0. The van der Waals surface area contributed by atoms with Crippen molar-refractivity contribution in [3.05, 3.63) is 36.0 Å². The van der Waals surface area contributed by atoms with Crippen LogP contribution in [0, 0.1) is 6.92 Å². The molecule has 1 fully saturated rings. The Balaban J connectivity index is 1.46. The van der Waals surface area contributed by atoms with Crippen molar-refractivity contribution in [2.75, 3.05) is 20.2 Å². The normalized spacial score (nSPS) is 16.6. The highest BCUT2D eigenvalue weighted by Crippen LogP contribution is 2.19. The van der Waals surface area contributed by atoms with Crippen LogP contribution in [0.3, 0.4) is 0 Å². The van der Waals surface area contributed by atoms with Gasteiger partial charge in [0.2, 0.25) is 0 Å². The third-order valence-electron chi connectivity index (χ3n) is 3.82. The summed E-state index contributed by atoms with van der Waals surface area (Å²) in [5, 5.41) is 0. The van der Waals surface area contributed by atoms with E-state index in [1.54, 1.807) is 19.5 Å². The minimum atomic E-state index is 0.169. The molecule has 3 rings (SSSR count). The fraction of sp³-hybridized carbons (Fsp3) is 0.500. The van der Waals surface area contributed by atoms with Crippen LogP contribution in [-0.4, -0.2) is 41.2 Å². The highest BCUT2D eigenvalue weighted by Gasteiger charge is 2.22. The molecule has 0 spiro atoms. The molecule has 0 radical (unpaired) electrons. The van der Waals surface area contributed by atoms with Gasteiger partial charge in [0.15, 0.2) is 5.75 Å². The SMILES string of the molecule is COc1cnc(OC2CCN(Cc3ccc(C)o3)CC2)nc1. The summed E-state index contributed by atoms with van der Waals surface area (Å²) in [6, 6.07) is 4.47. The number of methoxy groups -OCH3 is 1. The molecule has 0 atom stereocenters. The maximum absolute atomic E-state index is 5.83. The molecule has 0 amide bonds. The van der Waals surface area contributed by atoms with Crippen molar-refractivity contribution < 1.29 is 13.9 Å². The molecule has 1 aliphatic heterocycles. The van der Waals surface area contributed by atoms with Crippen LogP contribution < -0.4 is 9.47 Å². The lowest BCUT2D eigenvalue weighted by Crippen LogP contribution is -2.37. The Hall–Kier alpha value is -2.08. The lowest BCUT2D eigenvalue weighted by atomic mass is 10.1. The van der Waals surface area contributed by atoms with Crippen LogP contribution >= 0.6 is 0 Å². The first kappa shape index (κ1) is 14.8. The Morgan fingerprint density at radius 2 is 1.95 bits per heavy atom. The summed E-state index contributed by atoms with van der Waals surface area (Å²) in [6.45, 7) is 4.80. The molecule has 0 aliphatic carbocycles. The van der Waals surface area contributed by atoms with E-state index in [4.69, 9.17) is 13.9 Å². The minimum absolute atomic E-state index is 0.169. The summed E-state index contributed by atoms with van der Waals surface area (Å²) in [6.07, 6.45) is 5.35.